The Hall–Kier alpha value is -2.23. The highest BCUT2D eigenvalue weighted by Gasteiger charge is 2.33. The maximum absolute atomic E-state index is 12.9. The first-order valence-corrected chi connectivity index (χ1v) is 11.5. The van der Waals surface area contributed by atoms with Crippen molar-refractivity contribution >= 4 is 87.3 Å². The molecule has 2 heterocycles. The summed E-state index contributed by atoms with van der Waals surface area (Å²) in [4.78, 5) is 38.7. The maximum Gasteiger partial charge on any atom is 0.329 e. The lowest BCUT2D eigenvalue weighted by Crippen LogP contribution is -2.42. The standard InChI is InChI=1S/C20H12Cl3N3O3S2/c21-11-2-1-10-7-17(27)26(19(28)13(10)8-11)15-4-3-12(9-14(15)22)24-20(29)25-31-18-6-5-16(23)30-18/h1-6,8-9H,7H2,(H2,24,25,29). The number of nitrogens with zero attached hydrogens (tertiary/aromatic N) is 1. The van der Waals surface area contributed by atoms with Crippen molar-refractivity contribution in [2.75, 3.05) is 10.2 Å². The van der Waals surface area contributed by atoms with Crippen LogP contribution in [0.2, 0.25) is 14.4 Å². The zero-order valence-electron chi connectivity index (χ0n) is 15.4. The fourth-order valence-corrected chi connectivity index (χ4v) is 5.29. The number of hydrogen-bond acceptors (Lipinski definition) is 5. The third-order valence-electron chi connectivity index (χ3n) is 4.34. The molecule has 11 heteroatoms. The maximum atomic E-state index is 12.9. The van der Waals surface area contributed by atoms with E-state index in [1.807, 2.05) is 0 Å². The second-order valence-corrected chi connectivity index (χ2v) is 10.1. The van der Waals surface area contributed by atoms with Crippen molar-refractivity contribution in [3.63, 3.8) is 0 Å². The van der Waals surface area contributed by atoms with E-state index in [-0.39, 0.29) is 17.1 Å². The van der Waals surface area contributed by atoms with Crippen molar-refractivity contribution in [2.45, 2.75) is 10.6 Å². The summed E-state index contributed by atoms with van der Waals surface area (Å²) in [6.07, 6.45) is 0.0565. The zero-order valence-corrected chi connectivity index (χ0v) is 19.3. The van der Waals surface area contributed by atoms with Gasteiger partial charge < -0.3 is 5.32 Å². The monoisotopic (exact) mass is 511 g/mol. The molecule has 2 aromatic carbocycles. The normalized spacial score (nSPS) is 13.2. The number of hydrogen-bond donors (Lipinski definition) is 2. The van der Waals surface area contributed by atoms with Gasteiger partial charge in [0, 0.05) is 16.3 Å². The summed E-state index contributed by atoms with van der Waals surface area (Å²) in [5.74, 6) is -0.897. The molecule has 2 N–H and O–H groups in total. The average Bonchev–Trinajstić information content (AvgIpc) is 3.14. The van der Waals surface area contributed by atoms with Crippen molar-refractivity contribution in [1.82, 2.24) is 4.72 Å². The number of carbonyl (C=O) groups is 3. The minimum Gasteiger partial charge on any atom is -0.307 e. The Morgan fingerprint density at radius 1 is 1.03 bits per heavy atom. The molecule has 0 aliphatic carbocycles. The molecule has 1 aromatic heterocycles. The lowest BCUT2D eigenvalue weighted by atomic mass is 9.98. The molecule has 4 rings (SSSR count). The SMILES string of the molecule is O=C(NSc1ccc(Cl)s1)Nc1ccc(N2C(=O)Cc3ccc(Cl)cc3C2=O)c(Cl)c1. The van der Waals surface area contributed by atoms with E-state index in [0.717, 1.165) is 21.1 Å². The number of benzene rings is 2. The smallest absolute Gasteiger partial charge is 0.307 e. The molecular formula is C20H12Cl3N3O3S2. The fraction of sp³-hybridized carbons (Fsp3) is 0.0500. The molecule has 0 saturated heterocycles. The number of amides is 4. The Bertz CT molecular complexity index is 1220. The fourth-order valence-electron chi connectivity index (χ4n) is 2.99. The highest BCUT2D eigenvalue weighted by molar-refractivity contribution is 7.99. The predicted molar refractivity (Wildman–Crippen MR) is 126 cm³/mol. The summed E-state index contributed by atoms with van der Waals surface area (Å²) in [6, 6.07) is 12.4. The topological polar surface area (TPSA) is 78.5 Å². The van der Waals surface area contributed by atoms with Crippen LogP contribution in [0.15, 0.2) is 52.7 Å². The van der Waals surface area contributed by atoms with Crippen LogP contribution in [0.4, 0.5) is 16.2 Å². The molecule has 0 bridgehead atoms. The van der Waals surface area contributed by atoms with Crippen LogP contribution in [0.1, 0.15) is 15.9 Å². The molecule has 1 aliphatic rings. The quantitative estimate of drug-likeness (QED) is 0.319. The number of carbonyl (C=O) groups excluding carboxylic acids is 3. The van der Waals surface area contributed by atoms with Crippen molar-refractivity contribution in [3.8, 4) is 0 Å². The van der Waals surface area contributed by atoms with Gasteiger partial charge in [0.2, 0.25) is 5.91 Å². The Balaban J connectivity index is 1.49. The van der Waals surface area contributed by atoms with Gasteiger partial charge in [-0.1, -0.05) is 40.9 Å². The van der Waals surface area contributed by atoms with Gasteiger partial charge in [0.15, 0.2) is 0 Å². The first-order valence-electron chi connectivity index (χ1n) is 8.76. The molecule has 1 aliphatic heterocycles. The molecule has 31 heavy (non-hydrogen) atoms. The first kappa shape index (κ1) is 22.0. The van der Waals surface area contributed by atoms with Crippen molar-refractivity contribution in [3.05, 3.63) is 74.0 Å². The minimum absolute atomic E-state index is 0.0565. The summed E-state index contributed by atoms with van der Waals surface area (Å²) >= 11 is 20.7. The van der Waals surface area contributed by atoms with Gasteiger partial charge in [-0.25, -0.2) is 9.69 Å². The number of imide groups is 1. The van der Waals surface area contributed by atoms with E-state index in [4.69, 9.17) is 34.8 Å². The number of anilines is 2. The molecule has 0 spiro atoms. The van der Waals surface area contributed by atoms with Crippen LogP contribution >= 0.6 is 58.1 Å². The summed E-state index contributed by atoms with van der Waals surface area (Å²) in [6.45, 7) is 0. The Morgan fingerprint density at radius 3 is 2.55 bits per heavy atom. The number of rotatable bonds is 4. The van der Waals surface area contributed by atoms with Gasteiger partial charge >= 0.3 is 6.03 Å². The number of nitrogens with one attached hydrogen (secondary N) is 2. The molecule has 3 aromatic rings. The third kappa shape index (κ3) is 4.83. The molecule has 0 atom stereocenters. The van der Waals surface area contributed by atoms with Gasteiger partial charge in [0.1, 0.15) is 0 Å². The zero-order chi connectivity index (χ0) is 22.1. The van der Waals surface area contributed by atoms with Crippen molar-refractivity contribution in [2.24, 2.45) is 0 Å². The molecule has 6 nitrogen and oxygen atoms in total. The average molecular weight is 513 g/mol. The number of urea groups is 1. The first-order chi connectivity index (χ1) is 14.8. The highest BCUT2D eigenvalue weighted by atomic mass is 35.5. The Labute approximate surface area is 200 Å². The van der Waals surface area contributed by atoms with Crippen molar-refractivity contribution in [1.29, 1.82) is 0 Å². The van der Waals surface area contributed by atoms with Gasteiger partial charge in [-0.05, 0) is 60.0 Å². The van der Waals surface area contributed by atoms with Gasteiger partial charge in [-0.3, -0.25) is 14.3 Å². The van der Waals surface area contributed by atoms with Crippen molar-refractivity contribution < 1.29 is 14.4 Å². The molecule has 0 unspecified atom stereocenters. The van der Waals surface area contributed by atoms with Crippen LogP contribution in [0, 0.1) is 0 Å². The summed E-state index contributed by atoms with van der Waals surface area (Å²) in [5.41, 5.74) is 1.61. The lowest BCUT2D eigenvalue weighted by Gasteiger charge is -2.27. The molecule has 0 radical (unpaired) electrons. The van der Waals surface area contributed by atoms with E-state index in [0.29, 0.717) is 26.2 Å². The van der Waals surface area contributed by atoms with Crippen LogP contribution in [0.25, 0.3) is 0 Å². The van der Waals surface area contributed by atoms with Crippen LogP contribution in [-0.2, 0) is 11.2 Å². The van der Waals surface area contributed by atoms with Crippen LogP contribution in [0.5, 0.6) is 0 Å². The second kappa shape index (κ2) is 9.10. The Kier molecular flexibility index (Phi) is 6.45. The highest BCUT2D eigenvalue weighted by Crippen LogP contribution is 2.34. The van der Waals surface area contributed by atoms with E-state index >= 15 is 0 Å². The van der Waals surface area contributed by atoms with E-state index in [2.05, 4.69) is 10.0 Å². The van der Waals surface area contributed by atoms with Gasteiger partial charge in [0.05, 0.1) is 25.7 Å². The summed E-state index contributed by atoms with van der Waals surface area (Å²) < 4.78 is 4.09. The largest absolute Gasteiger partial charge is 0.329 e. The van der Waals surface area contributed by atoms with Gasteiger partial charge in [0.25, 0.3) is 5.91 Å². The van der Waals surface area contributed by atoms with E-state index in [1.54, 1.807) is 30.3 Å². The number of fused-ring (bicyclic) bond motifs is 1. The van der Waals surface area contributed by atoms with Gasteiger partial charge in [-0.15, -0.1) is 11.3 Å². The molecular weight excluding hydrogens is 501 g/mol. The number of thiophene rings is 1. The Morgan fingerprint density at radius 2 is 1.84 bits per heavy atom. The minimum atomic E-state index is -0.500. The lowest BCUT2D eigenvalue weighted by molar-refractivity contribution is -0.117. The second-order valence-electron chi connectivity index (χ2n) is 6.40. The van der Waals surface area contributed by atoms with Crippen LogP contribution in [0.3, 0.4) is 0 Å². The predicted octanol–water partition coefficient (Wildman–Crippen LogP) is 6.27. The van der Waals surface area contributed by atoms with Gasteiger partial charge in [-0.2, -0.15) is 0 Å². The summed E-state index contributed by atoms with van der Waals surface area (Å²) in [5, 5.41) is 3.19. The van der Waals surface area contributed by atoms with E-state index in [9.17, 15) is 14.4 Å². The number of halogens is 3. The van der Waals surface area contributed by atoms with Crippen LogP contribution < -0.4 is 14.9 Å². The molecule has 4 amide bonds. The van der Waals surface area contributed by atoms with E-state index < -0.39 is 17.8 Å². The third-order valence-corrected chi connectivity index (χ3v) is 7.02. The van der Waals surface area contributed by atoms with Crippen LogP contribution in [-0.4, -0.2) is 17.8 Å². The van der Waals surface area contributed by atoms with E-state index in [1.165, 1.54) is 29.5 Å². The molecule has 158 valence electrons. The molecule has 0 saturated carbocycles. The molecule has 0 fully saturated rings. The summed E-state index contributed by atoms with van der Waals surface area (Å²) in [7, 11) is 0.